The van der Waals surface area contributed by atoms with Crippen LogP contribution in [0.3, 0.4) is 0 Å². The van der Waals surface area contributed by atoms with E-state index in [0.717, 1.165) is 19.3 Å². The zero-order valence-corrected chi connectivity index (χ0v) is 14.4. The molecule has 1 aromatic carbocycles. The number of amides is 1. The van der Waals surface area contributed by atoms with Crippen LogP contribution >= 0.6 is 0 Å². The second-order valence-corrected chi connectivity index (χ2v) is 8.42. The summed E-state index contributed by atoms with van der Waals surface area (Å²) in [6.45, 7) is 1.55. The number of carbonyl (C=O) groups excluding carboxylic acids is 1. The predicted molar refractivity (Wildman–Crippen MR) is 89.4 cm³/mol. The van der Waals surface area contributed by atoms with Gasteiger partial charge in [-0.3, -0.25) is 4.79 Å². The van der Waals surface area contributed by atoms with Gasteiger partial charge in [0.15, 0.2) is 0 Å². The third-order valence-corrected chi connectivity index (χ3v) is 6.35. The molecule has 1 amide bonds. The van der Waals surface area contributed by atoms with Crippen molar-refractivity contribution in [3.05, 3.63) is 35.8 Å². The van der Waals surface area contributed by atoms with E-state index < -0.39 is 15.7 Å². The summed E-state index contributed by atoms with van der Waals surface area (Å²) in [6.07, 6.45) is 2.97. The highest BCUT2D eigenvalue weighted by atomic mass is 32.2. The molecule has 132 valence electrons. The molecule has 2 aliphatic rings. The molecule has 0 unspecified atom stereocenters. The summed E-state index contributed by atoms with van der Waals surface area (Å²) in [5.41, 5.74) is 1.15. The lowest BCUT2D eigenvalue weighted by atomic mass is 10.1. The Kier molecular flexibility index (Phi) is 3.87. The predicted octanol–water partition coefficient (Wildman–Crippen LogP) is 2.10. The van der Waals surface area contributed by atoms with Crippen molar-refractivity contribution in [2.45, 2.75) is 31.0 Å². The monoisotopic (exact) mass is 363 g/mol. The Morgan fingerprint density at radius 1 is 1.04 bits per heavy atom. The fourth-order valence-electron chi connectivity index (χ4n) is 3.45. The van der Waals surface area contributed by atoms with Crippen molar-refractivity contribution < 1.29 is 17.6 Å². The smallest absolute Gasteiger partial charge is 0.272 e. The summed E-state index contributed by atoms with van der Waals surface area (Å²) in [5.74, 6) is -0.638. The number of benzene rings is 1. The molecule has 0 bridgehead atoms. The summed E-state index contributed by atoms with van der Waals surface area (Å²) < 4.78 is 39.2. The number of piperidine rings is 1. The highest BCUT2D eigenvalue weighted by molar-refractivity contribution is 7.91. The molecule has 25 heavy (non-hydrogen) atoms. The Hall–Kier alpha value is -2.22. The molecular weight excluding hydrogens is 345 g/mol. The van der Waals surface area contributed by atoms with Gasteiger partial charge in [-0.2, -0.15) is 0 Å². The lowest BCUT2D eigenvalue weighted by Gasteiger charge is -2.27. The molecule has 3 heterocycles. The third kappa shape index (κ3) is 2.74. The fraction of sp³-hybridized carbons (Fsp3) is 0.412. The van der Waals surface area contributed by atoms with E-state index in [9.17, 15) is 17.6 Å². The van der Waals surface area contributed by atoms with Gasteiger partial charge in [-0.1, -0.05) is 0 Å². The van der Waals surface area contributed by atoms with Crippen LogP contribution in [0, 0.1) is 5.82 Å². The van der Waals surface area contributed by atoms with E-state index in [1.54, 1.807) is 4.90 Å². The SMILES string of the molecule is O=C(c1c(-c2ccc(F)cc2)nc2n1CCS2(=O)=O)N1CCCCC1. The van der Waals surface area contributed by atoms with Gasteiger partial charge >= 0.3 is 0 Å². The Labute approximate surface area is 145 Å². The van der Waals surface area contributed by atoms with Gasteiger partial charge in [0.05, 0.1) is 5.75 Å². The molecule has 0 radical (unpaired) electrons. The summed E-state index contributed by atoms with van der Waals surface area (Å²) in [4.78, 5) is 19.1. The van der Waals surface area contributed by atoms with Crippen LogP contribution in [-0.4, -0.2) is 47.6 Å². The molecule has 0 saturated carbocycles. The Morgan fingerprint density at radius 2 is 1.72 bits per heavy atom. The average Bonchev–Trinajstić information content (AvgIpc) is 3.14. The molecule has 1 saturated heterocycles. The molecule has 0 N–H and O–H groups in total. The van der Waals surface area contributed by atoms with Crippen LogP contribution in [0.15, 0.2) is 29.4 Å². The zero-order chi connectivity index (χ0) is 17.6. The number of hydrogen-bond donors (Lipinski definition) is 0. The Morgan fingerprint density at radius 3 is 2.40 bits per heavy atom. The van der Waals surface area contributed by atoms with E-state index in [1.165, 1.54) is 28.8 Å². The molecule has 0 spiro atoms. The second-order valence-electron chi connectivity index (χ2n) is 6.42. The molecular formula is C17H18FN3O3S. The van der Waals surface area contributed by atoms with Gasteiger partial charge in [-0.25, -0.2) is 17.8 Å². The topological polar surface area (TPSA) is 72.3 Å². The minimum Gasteiger partial charge on any atom is -0.337 e. The lowest BCUT2D eigenvalue weighted by Crippen LogP contribution is -2.37. The number of fused-ring (bicyclic) bond motifs is 1. The van der Waals surface area contributed by atoms with Gasteiger partial charge in [0.2, 0.25) is 15.0 Å². The first kappa shape index (κ1) is 16.3. The third-order valence-electron chi connectivity index (χ3n) is 4.76. The minimum absolute atomic E-state index is 0.0424. The lowest BCUT2D eigenvalue weighted by molar-refractivity contribution is 0.0713. The molecule has 2 aliphatic heterocycles. The van der Waals surface area contributed by atoms with Crippen molar-refractivity contribution in [1.82, 2.24) is 14.5 Å². The van der Waals surface area contributed by atoms with E-state index in [2.05, 4.69) is 4.98 Å². The number of sulfone groups is 1. The number of carbonyl (C=O) groups is 1. The summed E-state index contributed by atoms with van der Waals surface area (Å²) in [5, 5.41) is -0.0628. The van der Waals surface area contributed by atoms with Crippen LogP contribution in [0.25, 0.3) is 11.3 Å². The number of nitrogens with zero attached hydrogens (tertiary/aromatic N) is 3. The highest BCUT2D eigenvalue weighted by Gasteiger charge is 2.37. The number of hydrogen-bond acceptors (Lipinski definition) is 4. The van der Waals surface area contributed by atoms with Crippen LogP contribution in [0.1, 0.15) is 29.8 Å². The molecule has 0 atom stereocenters. The molecule has 2 aromatic rings. The normalized spacial score (nSPS) is 19.0. The zero-order valence-electron chi connectivity index (χ0n) is 13.6. The van der Waals surface area contributed by atoms with Gasteiger partial charge < -0.3 is 9.47 Å². The van der Waals surface area contributed by atoms with Crippen molar-refractivity contribution in [2.75, 3.05) is 18.8 Å². The van der Waals surface area contributed by atoms with Crippen LogP contribution in [0.4, 0.5) is 4.39 Å². The van der Waals surface area contributed by atoms with Crippen molar-refractivity contribution in [3.63, 3.8) is 0 Å². The first-order valence-electron chi connectivity index (χ1n) is 8.36. The van der Waals surface area contributed by atoms with E-state index in [0.29, 0.717) is 30.0 Å². The Bertz CT molecular complexity index is 929. The van der Waals surface area contributed by atoms with E-state index in [-0.39, 0.29) is 23.4 Å². The van der Waals surface area contributed by atoms with Crippen molar-refractivity contribution in [2.24, 2.45) is 0 Å². The van der Waals surface area contributed by atoms with Crippen LogP contribution in [-0.2, 0) is 16.4 Å². The fourth-order valence-corrected chi connectivity index (χ4v) is 4.81. The van der Waals surface area contributed by atoms with E-state index in [4.69, 9.17) is 0 Å². The van der Waals surface area contributed by atoms with Crippen molar-refractivity contribution >= 4 is 15.7 Å². The largest absolute Gasteiger partial charge is 0.337 e. The van der Waals surface area contributed by atoms with Gasteiger partial charge in [-0.15, -0.1) is 0 Å². The second kappa shape index (κ2) is 5.94. The van der Waals surface area contributed by atoms with Gasteiger partial charge in [-0.05, 0) is 43.5 Å². The maximum atomic E-state index is 13.2. The van der Waals surface area contributed by atoms with Crippen LogP contribution < -0.4 is 0 Å². The molecule has 6 nitrogen and oxygen atoms in total. The van der Waals surface area contributed by atoms with Gasteiger partial charge in [0, 0.05) is 25.2 Å². The van der Waals surface area contributed by atoms with Gasteiger partial charge in [0.1, 0.15) is 17.2 Å². The maximum Gasteiger partial charge on any atom is 0.272 e. The van der Waals surface area contributed by atoms with Crippen molar-refractivity contribution in [3.8, 4) is 11.3 Å². The van der Waals surface area contributed by atoms with Crippen LogP contribution in [0.5, 0.6) is 0 Å². The van der Waals surface area contributed by atoms with Crippen molar-refractivity contribution in [1.29, 1.82) is 0 Å². The molecule has 0 aliphatic carbocycles. The Balaban J connectivity index is 1.86. The maximum absolute atomic E-state index is 13.2. The number of aromatic nitrogens is 2. The quantitative estimate of drug-likeness (QED) is 0.819. The van der Waals surface area contributed by atoms with Gasteiger partial charge in [0.25, 0.3) is 5.91 Å². The van der Waals surface area contributed by atoms with Crippen LogP contribution in [0.2, 0.25) is 0 Å². The number of imidazole rings is 1. The summed E-state index contributed by atoms with van der Waals surface area (Å²) >= 11 is 0. The first-order valence-corrected chi connectivity index (χ1v) is 10.0. The minimum atomic E-state index is -3.48. The standard InChI is InChI=1S/C17H18FN3O3S/c18-13-6-4-12(5-7-13)14-15(16(22)20-8-2-1-3-9-20)21-10-11-25(23,24)17(21)19-14/h4-7H,1-3,8-11H2. The molecule has 8 heteroatoms. The first-order chi connectivity index (χ1) is 12.0. The summed E-state index contributed by atoms with van der Waals surface area (Å²) in [6, 6.07) is 5.60. The summed E-state index contributed by atoms with van der Waals surface area (Å²) in [7, 11) is -3.48. The average molecular weight is 363 g/mol. The highest BCUT2D eigenvalue weighted by Crippen LogP contribution is 2.31. The number of halogens is 1. The molecule has 4 rings (SSSR count). The number of likely N-dealkylation sites (tertiary alicyclic amines) is 1. The van der Waals surface area contributed by atoms with E-state index >= 15 is 0 Å². The number of rotatable bonds is 2. The molecule has 1 aromatic heterocycles. The molecule has 1 fully saturated rings. The van der Waals surface area contributed by atoms with E-state index in [1.807, 2.05) is 0 Å².